The molecule has 29 heavy (non-hydrogen) atoms. The summed E-state index contributed by atoms with van der Waals surface area (Å²) in [4.78, 5) is 4.63. The van der Waals surface area contributed by atoms with Crippen molar-refractivity contribution in [3.8, 4) is 0 Å². The Kier molecular flexibility index (Phi) is 10.7. The quantitative estimate of drug-likeness (QED) is 0.256. The monoisotopic (exact) mass is 446 g/mol. The first-order valence-corrected chi connectivity index (χ1v) is 11.8. The van der Waals surface area contributed by atoms with E-state index in [1.165, 1.54) is 12.1 Å². The van der Waals surface area contributed by atoms with Crippen LogP contribution in [0, 0.1) is 5.92 Å². The molecule has 1 aromatic rings. The SMILES string of the molecule is CCNC(=NCCCOCC1CCOC1)NCCNS(=O)(=O)c1cccc(Cl)c1. The van der Waals surface area contributed by atoms with Crippen molar-refractivity contribution >= 4 is 27.6 Å². The van der Waals surface area contributed by atoms with Crippen LogP contribution < -0.4 is 15.4 Å². The highest BCUT2D eigenvalue weighted by molar-refractivity contribution is 7.89. The molecule has 0 amide bonds. The largest absolute Gasteiger partial charge is 0.381 e. The fourth-order valence-electron chi connectivity index (χ4n) is 2.75. The maximum Gasteiger partial charge on any atom is 0.240 e. The molecule has 1 aliphatic rings. The van der Waals surface area contributed by atoms with Crippen molar-refractivity contribution in [2.24, 2.45) is 10.9 Å². The zero-order valence-electron chi connectivity index (χ0n) is 16.8. The molecule has 3 N–H and O–H groups in total. The highest BCUT2D eigenvalue weighted by Gasteiger charge is 2.15. The molecule has 0 saturated carbocycles. The number of halogens is 1. The molecular formula is C19H31ClN4O4S. The van der Waals surface area contributed by atoms with Gasteiger partial charge >= 0.3 is 0 Å². The molecule has 2 rings (SSSR count). The molecule has 1 fully saturated rings. The number of nitrogens with zero attached hydrogens (tertiary/aromatic N) is 1. The van der Waals surface area contributed by atoms with E-state index >= 15 is 0 Å². The summed E-state index contributed by atoms with van der Waals surface area (Å²) >= 11 is 5.86. The second-order valence-corrected chi connectivity index (χ2v) is 8.90. The number of guanidine groups is 1. The molecule has 0 spiro atoms. The predicted molar refractivity (Wildman–Crippen MR) is 115 cm³/mol. The summed E-state index contributed by atoms with van der Waals surface area (Å²) in [6.07, 6.45) is 1.90. The first-order chi connectivity index (χ1) is 14.0. The molecule has 1 saturated heterocycles. The number of sulfonamides is 1. The Morgan fingerprint density at radius 3 is 2.93 bits per heavy atom. The highest BCUT2D eigenvalue weighted by atomic mass is 35.5. The predicted octanol–water partition coefficient (Wildman–Crippen LogP) is 1.62. The Hall–Kier alpha value is -1.39. The van der Waals surface area contributed by atoms with Crippen LogP contribution >= 0.6 is 11.6 Å². The van der Waals surface area contributed by atoms with Gasteiger partial charge in [0.15, 0.2) is 5.96 Å². The molecule has 0 bridgehead atoms. The molecule has 1 unspecified atom stereocenters. The third-order valence-electron chi connectivity index (χ3n) is 4.25. The van der Waals surface area contributed by atoms with Gasteiger partial charge in [0.05, 0.1) is 18.1 Å². The van der Waals surface area contributed by atoms with E-state index in [1.54, 1.807) is 12.1 Å². The van der Waals surface area contributed by atoms with E-state index in [2.05, 4.69) is 20.3 Å². The molecule has 0 radical (unpaired) electrons. The van der Waals surface area contributed by atoms with Gasteiger partial charge in [-0.05, 0) is 38.0 Å². The van der Waals surface area contributed by atoms with Crippen molar-refractivity contribution < 1.29 is 17.9 Å². The van der Waals surface area contributed by atoms with E-state index < -0.39 is 10.0 Å². The molecule has 10 heteroatoms. The Bertz CT molecular complexity index is 739. The van der Waals surface area contributed by atoms with Crippen molar-refractivity contribution in [3.63, 3.8) is 0 Å². The minimum atomic E-state index is -3.59. The van der Waals surface area contributed by atoms with Crippen LogP contribution in [0.2, 0.25) is 5.02 Å². The number of hydrogen-bond acceptors (Lipinski definition) is 5. The molecule has 1 aliphatic heterocycles. The summed E-state index contributed by atoms with van der Waals surface area (Å²) in [6.45, 7) is 7.01. The first kappa shape index (κ1) is 23.9. The molecule has 164 valence electrons. The minimum absolute atomic E-state index is 0.148. The van der Waals surface area contributed by atoms with Gasteiger partial charge in [-0.1, -0.05) is 17.7 Å². The van der Waals surface area contributed by atoms with Crippen LogP contribution in [0.15, 0.2) is 34.2 Å². The fraction of sp³-hybridized carbons (Fsp3) is 0.632. The Morgan fingerprint density at radius 1 is 1.34 bits per heavy atom. The van der Waals surface area contributed by atoms with Crippen molar-refractivity contribution in [2.75, 3.05) is 52.6 Å². The van der Waals surface area contributed by atoms with E-state index in [0.29, 0.717) is 36.6 Å². The van der Waals surface area contributed by atoms with Gasteiger partial charge in [0.2, 0.25) is 10.0 Å². The van der Waals surface area contributed by atoms with E-state index in [1.807, 2.05) is 6.92 Å². The average molecular weight is 447 g/mol. The summed E-state index contributed by atoms with van der Waals surface area (Å²) in [5.41, 5.74) is 0. The number of rotatable bonds is 12. The smallest absolute Gasteiger partial charge is 0.240 e. The maximum atomic E-state index is 12.3. The lowest BCUT2D eigenvalue weighted by atomic mass is 10.1. The van der Waals surface area contributed by atoms with Crippen molar-refractivity contribution in [1.82, 2.24) is 15.4 Å². The summed E-state index contributed by atoms with van der Waals surface area (Å²) < 4.78 is 38.1. The van der Waals surface area contributed by atoms with Crippen molar-refractivity contribution in [3.05, 3.63) is 29.3 Å². The molecule has 0 aromatic heterocycles. The van der Waals surface area contributed by atoms with Crippen LogP contribution in [-0.2, 0) is 19.5 Å². The lowest BCUT2D eigenvalue weighted by Gasteiger charge is -2.12. The number of benzene rings is 1. The number of ether oxygens (including phenoxy) is 2. The van der Waals surface area contributed by atoms with Crippen molar-refractivity contribution in [1.29, 1.82) is 0 Å². The van der Waals surface area contributed by atoms with Crippen LogP contribution in [0.3, 0.4) is 0 Å². The number of hydrogen-bond donors (Lipinski definition) is 3. The normalized spacial score (nSPS) is 17.4. The van der Waals surface area contributed by atoms with E-state index in [-0.39, 0.29) is 11.4 Å². The van der Waals surface area contributed by atoms with Gasteiger partial charge in [-0.3, -0.25) is 4.99 Å². The van der Waals surface area contributed by atoms with Gasteiger partial charge in [0.1, 0.15) is 0 Å². The highest BCUT2D eigenvalue weighted by Crippen LogP contribution is 2.15. The van der Waals surface area contributed by atoms with Crippen LogP contribution in [-0.4, -0.2) is 67.0 Å². The Balaban J connectivity index is 1.65. The van der Waals surface area contributed by atoms with Crippen LogP contribution in [0.5, 0.6) is 0 Å². The summed E-state index contributed by atoms with van der Waals surface area (Å²) in [7, 11) is -3.59. The molecule has 8 nitrogen and oxygen atoms in total. The van der Waals surface area contributed by atoms with E-state index in [9.17, 15) is 8.42 Å². The van der Waals surface area contributed by atoms with Gasteiger partial charge in [-0.25, -0.2) is 13.1 Å². The third-order valence-corrected chi connectivity index (χ3v) is 5.95. The van der Waals surface area contributed by atoms with E-state index in [4.69, 9.17) is 21.1 Å². The molecular weight excluding hydrogens is 416 g/mol. The minimum Gasteiger partial charge on any atom is -0.381 e. The Labute approximate surface area is 178 Å². The molecule has 1 heterocycles. The third kappa shape index (κ3) is 9.31. The van der Waals surface area contributed by atoms with E-state index in [0.717, 1.165) is 39.2 Å². The fourth-order valence-corrected chi connectivity index (χ4v) is 4.08. The zero-order valence-corrected chi connectivity index (χ0v) is 18.4. The Morgan fingerprint density at radius 2 is 2.21 bits per heavy atom. The van der Waals surface area contributed by atoms with Crippen molar-refractivity contribution in [2.45, 2.75) is 24.7 Å². The topological polar surface area (TPSA) is 101 Å². The lowest BCUT2D eigenvalue weighted by molar-refractivity contribution is 0.0893. The van der Waals surface area contributed by atoms with Crippen LogP contribution in [0.1, 0.15) is 19.8 Å². The second-order valence-electron chi connectivity index (χ2n) is 6.70. The summed E-state index contributed by atoms with van der Waals surface area (Å²) in [6, 6.07) is 6.17. The second kappa shape index (κ2) is 13.0. The molecule has 1 atom stereocenters. The maximum absolute atomic E-state index is 12.3. The van der Waals surface area contributed by atoms with Crippen LogP contribution in [0.4, 0.5) is 0 Å². The number of aliphatic imine (C=N–C) groups is 1. The average Bonchev–Trinajstić information content (AvgIpc) is 3.21. The van der Waals surface area contributed by atoms with Gasteiger partial charge in [-0.2, -0.15) is 0 Å². The van der Waals surface area contributed by atoms with Gasteiger partial charge in [-0.15, -0.1) is 0 Å². The summed E-state index contributed by atoms with van der Waals surface area (Å²) in [5.74, 6) is 1.17. The van der Waals surface area contributed by atoms with Gasteiger partial charge in [0, 0.05) is 50.3 Å². The summed E-state index contributed by atoms with van der Waals surface area (Å²) in [5, 5.41) is 6.64. The molecule has 0 aliphatic carbocycles. The molecule has 1 aromatic carbocycles. The van der Waals surface area contributed by atoms with Gasteiger partial charge < -0.3 is 20.1 Å². The first-order valence-electron chi connectivity index (χ1n) is 9.94. The standard InChI is InChI=1S/C19H31ClN4O4S/c1-2-21-19(22-8-4-11-27-14-16-7-12-28-15-16)23-9-10-24-29(25,26)18-6-3-5-17(20)13-18/h3,5-6,13,16,24H,2,4,7-12,14-15H2,1H3,(H2,21,22,23). The number of nitrogens with one attached hydrogen (secondary N) is 3. The van der Waals surface area contributed by atoms with Crippen LogP contribution in [0.25, 0.3) is 0 Å². The van der Waals surface area contributed by atoms with Gasteiger partial charge in [0.25, 0.3) is 0 Å². The lowest BCUT2D eigenvalue weighted by Crippen LogP contribution is -2.41. The zero-order chi connectivity index (χ0) is 21.0.